The van der Waals surface area contributed by atoms with Gasteiger partial charge in [0.25, 0.3) is 0 Å². The van der Waals surface area contributed by atoms with Crippen LogP contribution in [0, 0.1) is 0 Å². The van der Waals surface area contributed by atoms with Crippen LogP contribution in [-0.4, -0.2) is 25.6 Å². The van der Waals surface area contributed by atoms with Crippen molar-refractivity contribution in [2.24, 2.45) is 5.73 Å². The molecule has 0 spiro atoms. The molecule has 104 valence electrons. The Kier molecular flexibility index (Phi) is 4.10. The lowest BCUT2D eigenvalue weighted by molar-refractivity contribution is -0.125. The normalized spacial score (nSPS) is 14.5. The van der Waals surface area contributed by atoms with Crippen LogP contribution in [0.25, 0.3) is 0 Å². The lowest BCUT2D eigenvalue weighted by Crippen LogP contribution is -2.42. The summed E-state index contributed by atoms with van der Waals surface area (Å²) in [7, 11) is 0. The fraction of sp³-hybridized carbons (Fsp3) is 0.533. The van der Waals surface area contributed by atoms with Crippen LogP contribution in [0.5, 0.6) is 5.75 Å². The van der Waals surface area contributed by atoms with Gasteiger partial charge in [-0.15, -0.1) is 0 Å². The zero-order chi connectivity index (χ0) is 13.9. The monoisotopic (exact) mass is 262 g/mol. The summed E-state index contributed by atoms with van der Waals surface area (Å²) >= 11 is 0. The third-order valence-electron chi connectivity index (χ3n) is 3.63. The maximum Gasteiger partial charge on any atom is 0.230 e. The van der Waals surface area contributed by atoms with Crippen LogP contribution < -0.4 is 15.8 Å². The number of amides is 1. The van der Waals surface area contributed by atoms with Gasteiger partial charge in [-0.05, 0) is 43.9 Å². The van der Waals surface area contributed by atoms with E-state index in [1.165, 1.54) is 5.56 Å². The van der Waals surface area contributed by atoms with Crippen molar-refractivity contribution < 1.29 is 9.53 Å². The highest BCUT2D eigenvalue weighted by molar-refractivity contribution is 5.87. The lowest BCUT2D eigenvalue weighted by atomic mass is 9.82. The van der Waals surface area contributed by atoms with Gasteiger partial charge in [0.05, 0.1) is 12.0 Å². The smallest absolute Gasteiger partial charge is 0.230 e. The second-order valence-corrected chi connectivity index (χ2v) is 5.44. The van der Waals surface area contributed by atoms with E-state index < -0.39 is 5.41 Å². The minimum absolute atomic E-state index is 0.00891. The number of carbonyl (C=O) groups excluding carboxylic acids is 1. The van der Waals surface area contributed by atoms with Gasteiger partial charge in [0.1, 0.15) is 5.75 Å². The highest BCUT2D eigenvalue weighted by atomic mass is 16.5. The molecule has 0 atom stereocenters. The van der Waals surface area contributed by atoms with E-state index in [4.69, 9.17) is 10.5 Å². The van der Waals surface area contributed by atoms with E-state index in [1.54, 1.807) is 0 Å². The van der Waals surface area contributed by atoms with Gasteiger partial charge in [-0.25, -0.2) is 0 Å². The van der Waals surface area contributed by atoms with Crippen LogP contribution in [-0.2, 0) is 16.6 Å². The average Bonchev–Trinajstić information content (AvgIpc) is 2.44. The highest BCUT2D eigenvalue weighted by Crippen LogP contribution is 2.31. The maximum atomic E-state index is 12.2. The number of carbonyl (C=O) groups is 1. The predicted molar refractivity (Wildman–Crippen MR) is 75.3 cm³/mol. The third-order valence-corrected chi connectivity index (χ3v) is 3.63. The number of benzene rings is 1. The summed E-state index contributed by atoms with van der Waals surface area (Å²) in [6, 6.07) is 6.05. The Morgan fingerprint density at radius 1 is 1.47 bits per heavy atom. The molecule has 0 fully saturated rings. The Morgan fingerprint density at radius 3 is 3.00 bits per heavy atom. The molecule has 1 aromatic rings. The molecule has 4 heteroatoms. The van der Waals surface area contributed by atoms with E-state index in [9.17, 15) is 4.79 Å². The molecular formula is C15H22N2O2. The number of nitrogens with one attached hydrogen (secondary N) is 1. The average molecular weight is 262 g/mol. The summed E-state index contributed by atoms with van der Waals surface area (Å²) < 4.78 is 5.60. The molecule has 0 saturated carbocycles. The molecule has 0 bridgehead atoms. The van der Waals surface area contributed by atoms with Gasteiger partial charge in [0.15, 0.2) is 0 Å². The molecule has 2 rings (SSSR count). The van der Waals surface area contributed by atoms with E-state index in [2.05, 4.69) is 11.4 Å². The third kappa shape index (κ3) is 2.89. The van der Waals surface area contributed by atoms with Crippen LogP contribution >= 0.6 is 0 Å². The lowest BCUT2D eigenvalue weighted by Gasteiger charge is -2.26. The van der Waals surface area contributed by atoms with Gasteiger partial charge in [0.2, 0.25) is 5.91 Å². The molecule has 0 aliphatic carbocycles. The molecule has 1 heterocycles. The first-order chi connectivity index (χ1) is 9.05. The van der Waals surface area contributed by atoms with Crippen molar-refractivity contribution in [2.75, 3.05) is 19.7 Å². The van der Waals surface area contributed by atoms with Gasteiger partial charge in [-0.3, -0.25) is 4.79 Å². The Balaban J connectivity index is 2.22. The Hall–Kier alpha value is -1.55. The van der Waals surface area contributed by atoms with Crippen LogP contribution in [0.3, 0.4) is 0 Å². The van der Waals surface area contributed by atoms with Crippen molar-refractivity contribution >= 4 is 5.91 Å². The second kappa shape index (κ2) is 5.61. The maximum absolute atomic E-state index is 12.2. The Morgan fingerprint density at radius 2 is 2.26 bits per heavy atom. The van der Waals surface area contributed by atoms with Crippen molar-refractivity contribution in [2.45, 2.75) is 32.1 Å². The topological polar surface area (TPSA) is 64.4 Å². The molecule has 0 aromatic heterocycles. The number of aryl methyl sites for hydroxylation is 1. The molecule has 1 amide bonds. The SMILES string of the molecule is CC(C)(C(=O)NCCN)c1ccc2c(c1)CCCO2. The summed E-state index contributed by atoms with van der Waals surface area (Å²) in [5.41, 5.74) is 7.08. The van der Waals surface area contributed by atoms with E-state index in [0.717, 1.165) is 30.8 Å². The van der Waals surface area contributed by atoms with Gasteiger partial charge in [0, 0.05) is 13.1 Å². The fourth-order valence-electron chi connectivity index (χ4n) is 2.29. The standard InChI is InChI=1S/C15H22N2O2/c1-15(2,14(18)17-8-7-16)12-5-6-13-11(10-12)4-3-9-19-13/h5-6,10H,3-4,7-9,16H2,1-2H3,(H,17,18). The zero-order valence-electron chi connectivity index (χ0n) is 11.7. The molecule has 0 radical (unpaired) electrons. The van der Waals surface area contributed by atoms with Gasteiger partial charge in [-0.1, -0.05) is 12.1 Å². The van der Waals surface area contributed by atoms with Crippen molar-refractivity contribution in [3.8, 4) is 5.75 Å². The summed E-state index contributed by atoms with van der Waals surface area (Å²) in [5, 5.41) is 2.86. The molecule has 1 aromatic carbocycles. The Bertz CT molecular complexity index is 469. The van der Waals surface area contributed by atoms with Crippen molar-refractivity contribution in [1.82, 2.24) is 5.32 Å². The number of ether oxygens (including phenoxy) is 1. The number of nitrogens with two attached hydrogens (primary N) is 1. The number of hydrogen-bond donors (Lipinski definition) is 2. The van der Waals surface area contributed by atoms with Crippen molar-refractivity contribution in [3.63, 3.8) is 0 Å². The minimum Gasteiger partial charge on any atom is -0.493 e. The summed E-state index contributed by atoms with van der Waals surface area (Å²) in [6.07, 6.45) is 2.06. The van der Waals surface area contributed by atoms with Crippen LogP contribution in [0.4, 0.5) is 0 Å². The number of hydrogen-bond acceptors (Lipinski definition) is 3. The summed E-state index contributed by atoms with van der Waals surface area (Å²) in [5.74, 6) is 0.961. The Labute approximate surface area is 114 Å². The highest BCUT2D eigenvalue weighted by Gasteiger charge is 2.30. The first-order valence-electron chi connectivity index (χ1n) is 6.80. The summed E-state index contributed by atoms with van der Waals surface area (Å²) in [4.78, 5) is 12.2. The van der Waals surface area contributed by atoms with Gasteiger partial charge in [-0.2, -0.15) is 0 Å². The van der Waals surface area contributed by atoms with Crippen LogP contribution in [0.2, 0.25) is 0 Å². The summed E-state index contributed by atoms with van der Waals surface area (Å²) in [6.45, 7) is 5.62. The molecule has 1 aliphatic heterocycles. The number of fused-ring (bicyclic) bond motifs is 1. The van der Waals surface area contributed by atoms with Gasteiger partial charge < -0.3 is 15.8 Å². The molecule has 0 saturated heterocycles. The quantitative estimate of drug-likeness (QED) is 0.861. The predicted octanol–water partition coefficient (Wildman–Crippen LogP) is 1.36. The largest absolute Gasteiger partial charge is 0.493 e. The van der Waals surface area contributed by atoms with Crippen molar-refractivity contribution in [3.05, 3.63) is 29.3 Å². The second-order valence-electron chi connectivity index (χ2n) is 5.44. The first kappa shape index (κ1) is 13.9. The van der Waals surface area contributed by atoms with E-state index in [1.807, 2.05) is 26.0 Å². The molecular weight excluding hydrogens is 240 g/mol. The molecule has 3 N–H and O–H groups in total. The number of rotatable bonds is 4. The van der Waals surface area contributed by atoms with E-state index in [-0.39, 0.29) is 5.91 Å². The van der Waals surface area contributed by atoms with Crippen LogP contribution in [0.1, 0.15) is 31.4 Å². The van der Waals surface area contributed by atoms with Crippen LogP contribution in [0.15, 0.2) is 18.2 Å². The van der Waals surface area contributed by atoms with Crippen molar-refractivity contribution in [1.29, 1.82) is 0 Å². The zero-order valence-corrected chi connectivity index (χ0v) is 11.7. The fourth-order valence-corrected chi connectivity index (χ4v) is 2.29. The first-order valence-corrected chi connectivity index (χ1v) is 6.80. The molecule has 0 unspecified atom stereocenters. The molecule has 4 nitrogen and oxygen atoms in total. The molecule has 19 heavy (non-hydrogen) atoms. The molecule has 1 aliphatic rings. The minimum atomic E-state index is -0.554. The van der Waals surface area contributed by atoms with Gasteiger partial charge >= 0.3 is 0 Å². The van der Waals surface area contributed by atoms with E-state index >= 15 is 0 Å². The van der Waals surface area contributed by atoms with E-state index in [0.29, 0.717) is 13.1 Å².